The van der Waals surface area contributed by atoms with Gasteiger partial charge in [-0.25, -0.2) is 8.42 Å². The Morgan fingerprint density at radius 1 is 0.617 bits per heavy atom. The molecule has 0 saturated heterocycles. The minimum Gasteiger partial charge on any atom is -0.367 e. The first kappa shape index (κ1) is 34.2. The summed E-state index contributed by atoms with van der Waals surface area (Å²) in [5, 5.41) is 0. The normalized spacial score (nSPS) is 11.9. The van der Waals surface area contributed by atoms with Crippen LogP contribution in [-0.4, -0.2) is 34.5 Å². The van der Waals surface area contributed by atoms with Gasteiger partial charge in [-0.3, -0.25) is 4.55 Å². The van der Waals surface area contributed by atoms with Crippen LogP contribution in [0.25, 0.3) is 0 Å². The van der Waals surface area contributed by atoms with Crippen molar-refractivity contribution in [1.82, 2.24) is 0 Å². The van der Waals surface area contributed by atoms with Crippen LogP contribution in [0.3, 0.4) is 0 Å². The van der Waals surface area contributed by atoms with Gasteiger partial charge in [0.15, 0.2) is 0 Å². The third-order valence-corrected chi connectivity index (χ3v) is 10.5. The van der Waals surface area contributed by atoms with Crippen LogP contribution in [0.15, 0.2) is 137 Å². The third kappa shape index (κ3) is 8.42. The molecule has 5 aromatic rings. The van der Waals surface area contributed by atoms with Crippen molar-refractivity contribution in [3.05, 3.63) is 155 Å². The molecule has 0 aliphatic rings. The number of hydrogen-bond donors (Lipinski definition) is 1. The van der Waals surface area contributed by atoms with Gasteiger partial charge in [0.05, 0.1) is 9.79 Å². The van der Waals surface area contributed by atoms with Crippen molar-refractivity contribution in [3.63, 3.8) is 0 Å². The summed E-state index contributed by atoms with van der Waals surface area (Å²) in [5.74, 6) is -0.657. The first-order valence-electron chi connectivity index (χ1n) is 15.3. The van der Waals surface area contributed by atoms with Crippen LogP contribution in [0.5, 0.6) is 0 Å². The molecule has 0 heterocycles. The highest BCUT2D eigenvalue weighted by molar-refractivity contribution is 8.13. The molecular formula is C37H37ClN2O5S2. The van der Waals surface area contributed by atoms with Crippen LogP contribution in [0.1, 0.15) is 47.6 Å². The monoisotopic (exact) mass is 688 g/mol. The molecule has 1 N–H and O–H groups in total. The van der Waals surface area contributed by atoms with Crippen molar-refractivity contribution < 1.29 is 21.4 Å². The van der Waals surface area contributed by atoms with E-state index in [1.165, 1.54) is 23.3 Å². The number of anilines is 2. The standard InChI is InChI=1S/C37H37ClN2O5S2/c1-3-39(26-28-11-7-5-8-12-28)32-19-15-30(16-20-32)37(35-24-23-34(46(38,41)42)25-36(35)47(43,44)45)31-17-21-33(22-18-31)40(4-2)27-29-13-9-6-10-14-29/h5-25,37H,3-4,26-27H2,1-2H3,(H,43,44,45). The molecule has 0 saturated carbocycles. The molecule has 7 nitrogen and oxygen atoms in total. The third-order valence-electron chi connectivity index (χ3n) is 8.23. The fraction of sp³-hybridized carbons (Fsp3) is 0.189. The molecule has 0 fully saturated rings. The largest absolute Gasteiger partial charge is 0.367 e. The summed E-state index contributed by atoms with van der Waals surface area (Å²) in [6.07, 6.45) is 0. The van der Waals surface area contributed by atoms with Gasteiger partial charge in [-0.2, -0.15) is 8.42 Å². The van der Waals surface area contributed by atoms with Crippen LogP contribution in [0.4, 0.5) is 11.4 Å². The van der Waals surface area contributed by atoms with E-state index in [0.717, 1.165) is 54.7 Å². The van der Waals surface area contributed by atoms with Gasteiger partial charge in [0.25, 0.3) is 19.2 Å². The zero-order valence-corrected chi connectivity index (χ0v) is 28.6. The van der Waals surface area contributed by atoms with Crippen LogP contribution >= 0.6 is 10.7 Å². The Kier molecular flexibility index (Phi) is 10.7. The highest BCUT2D eigenvalue weighted by Gasteiger charge is 2.28. The first-order chi connectivity index (χ1) is 22.5. The molecular weight excluding hydrogens is 652 g/mol. The lowest BCUT2D eigenvalue weighted by Gasteiger charge is -2.26. The van der Waals surface area contributed by atoms with E-state index < -0.39 is 34.9 Å². The fourth-order valence-electron chi connectivity index (χ4n) is 5.81. The van der Waals surface area contributed by atoms with Crippen LogP contribution in [-0.2, 0) is 32.3 Å². The SMILES string of the molecule is CCN(Cc1ccccc1)c1ccc(C(c2ccc(N(CC)Cc3ccccc3)cc2)c2ccc(S(=O)(=O)Cl)cc2S(=O)(=O)O)cc1. The van der Waals surface area contributed by atoms with E-state index in [1.807, 2.05) is 84.9 Å². The van der Waals surface area contributed by atoms with Gasteiger partial charge in [0.1, 0.15) is 0 Å². The number of nitrogens with zero attached hydrogens (tertiary/aromatic N) is 2. The molecule has 0 radical (unpaired) electrons. The van der Waals surface area contributed by atoms with E-state index >= 15 is 0 Å². The Labute approximate surface area is 282 Å². The summed E-state index contributed by atoms with van der Waals surface area (Å²) < 4.78 is 60.0. The number of benzene rings is 5. The lowest BCUT2D eigenvalue weighted by molar-refractivity contribution is 0.481. The molecule has 0 aliphatic carbocycles. The summed E-state index contributed by atoms with van der Waals surface area (Å²) in [4.78, 5) is 3.53. The van der Waals surface area contributed by atoms with Crippen LogP contribution < -0.4 is 9.80 Å². The summed E-state index contributed by atoms with van der Waals surface area (Å²) in [6.45, 7) is 7.17. The second-order valence-corrected chi connectivity index (χ2v) is 15.2. The molecule has 0 aromatic heterocycles. The highest BCUT2D eigenvalue weighted by Crippen LogP contribution is 2.38. The number of halogens is 1. The zero-order valence-electron chi connectivity index (χ0n) is 26.2. The Morgan fingerprint density at radius 2 is 1.04 bits per heavy atom. The summed E-state index contributed by atoms with van der Waals surface area (Å²) in [5.41, 5.74) is 6.10. The summed E-state index contributed by atoms with van der Waals surface area (Å²) >= 11 is 0. The number of hydrogen-bond acceptors (Lipinski definition) is 6. The molecule has 5 aromatic carbocycles. The van der Waals surface area contributed by atoms with Crippen molar-refractivity contribution in [1.29, 1.82) is 0 Å². The Balaban J connectivity index is 1.58. The smallest absolute Gasteiger partial charge is 0.294 e. The average molecular weight is 689 g/mol. The predicted molar refractivity (Wildman–Crippen MR) is 189 cm³/mol. The van der Waals surface area contributed by atoms with Gasteiger partial charge in [0.2, 0.25) is 0 Å². The Bertz CT molecular complexity index is 1910. The van der Waals surface area contributed by atoms with E-state index in [0.29, 0.717) is 0 Å². The minimum atomic E-state index is -4.84. The van der Waals surface area contributed by atoms with E-state index in [4.69, 9.17) is 10.7 Å². The molecule has 0 bridgehead atoms. The molecule has 0 atom stereocenters. The van der Waals surface area contributed by atoms with E-state index in [1.54, 1.807) is 0 Å². The maximum Gasteiger partial charge on any atom is 0.294 e. The van der Waals surface area contributed by atoms with Gasteiger partial charge in [-0.1, -0.05) is 91.0 Å². The lowest BCUT2D eigenvalue weighted by Crippen LogP contribution is -2.22. The first-order valence-corrected chi connectivity index (χ1v) is 19.1. The molecule has 0 aliphatic heterocycles. The molecule has 5 rings (SSSR count). The van der Waals surface area contributed by atoms with Crippen molar-refractivity contribution in [2.45, 2.75) is 42.6 Å². The van der Waals surface area contributed by atoms with Gasteiger partial charge >= 0.3 is 0 Å². The van der Waals surface area contributed by atoms with Crippen molar-refractivity contribution in [2.75, 3.05) is 22.9 Å². The van der Waals surface area contributed by atoms with E-state index in [9.17, 15) is 21.4 Å². The van der Waals surface area contributed by atoms with Gasteiger partial charge in [0, 0.05) is 54.2 Å². The van der Waals surface area contributed by atoms with Gasteiger partial charge in [-0.15, -0.1) is 0 Å². The minimum absolute atomic E-state index is 0.227. The molecule has 244 valence electrons. The van der Waals surface area contributed by atoms with Gasteiger partial charge < -0.3 is 9.80 Å². The molecule has 0 spiro atoms. The quantitative estimate of drug-likeness (QED) is 0.0759. The summed E-state index contributed by atoms with van der Waals surface area (Å²) in [7, 11) is -3.53. The zero-order chi connectivity index (χ0) is 33.6. The van der Waals surface area contributed by atoms with Crippen molar-refractivity contribution >= 4 is 41.2 Å². The van der Waals surface area contributed by atoms with Crippen LogP contribution in [0.2, 0.25) is 0 Å². The molecule has 0 amide bonds. The fourth-order valence-corrected chi connectivity index (χ4v) is 7.43. The van der Waals surface area contributed by atoms with Gasteiger partial charge in [-0.05, 0) is 78.1 Å². The predicted octanol–water partition coefficient (Wildman–Crippen LogP) is 8.09. The van der Waals surface area contributed by atoms with E-state index in [2.05, 4.69) is 47.9 Å². The van der Waals surface area contributed by atoms with Crippen molar-refractivity contribution in [3.8, 4) is 0 Å². The maximum absolute atomic E-state index is 12.7. The molecule has 47 heavy (non-hydrogen) atoms. The second-order valence-electron chi connectivity index (χ2n) is 11.2. The van der Waals surface area contributed by atoms with Crippen LogP contribution in [0, 0.1) is 0 Å². The average Bonchev–Trinajstić information content (AvgIpc) is 3.07. The molecule has 10 heteroatoms. The summed E-state index contributed by atoms with van der Waals surface area (Å²) in [6, 6.07) is 39.7. The number of rotatable bonds is 13. The maximum atomic E-state index is 12.7. The topological polar surface area (TPSA) is 95.0 Å². The Morgan fingerprint density at radius 3 is 1.40 bits per heavy atom. The Hall–Kier alpha value is -4.15. The van der Waals surface area contributed by atoms with Crippen molar-refractivity contribution in [2.24, 2.45) is 0 Å². The second kappa shape index (κ2) is 14.7. The van der Waals surface area contributed by atoms with E-state index in [-0.39, 0.29) is 5.56 Å². The lowest BCUT2D eigenvalue weighted by atomic mass is 9.85. The molecule has 0 unspecified atom stereocenters. The highest BCUT2D eigenvalue weighted by atomic mass is 35.7.